The van der Waals surface area contributed by atoms with Crippen LogP contribution in [-0.4, -0.2) is 29.1 Å². The number of aromatic nitrogens is 2. The first kappa shape index (κ1) is 20.1. The third-order valence-corrected chi connectivity index (χ3v) is 3.97. The van der Waals surface area contributed by atoms with E-state index in [0.717, 1.165) is 17.0 Å². The van der Waals surface area contributed by atoms with E-state index in [1.165, 1.54) is 6.20 Å². The monoisotopic (exact) mass is 392 g/mol. The van der Waals surface area contributed by atoms with Gasteiger partial charge in [-0.25, -0.2) is 9.97 Å². The van der Waals surface area contributed by atoms with E-state index in [0.29, 0.717) is 17.4 Å². The lowest BCUT2D eigenvalue weighted by Gasteiger charge is -2.12. The van der Waals surface area contributed by atoms with Crippen molar-refractivity contribution in [1.29, 1.82) is 0 Å². The zero-order valence-corrected chi connectivity index (χ0v) is 16.9. The molecule has 2 N–H and O–H groups in total. The number of anilines is 3. The second kappa shape index (κ2) is 9.05. The van der Waals surface area contributed by atoms with Crippen molar-refractivity contribution in [2.45, 2.75) is 26.9 Å². The number of nitrogens with one attached hydrogen (secondary N) is 2. The molecular formula is C22H24N4O3. The van der Waals surface area contributed by atoms with Crippen molar-refractivity contribution in [3.05, 3.63) is 66.0 Å². The molecule has 1 aromatic heterocycles. The summed E-state index contributed by atoms with van der Waals surface area (Å²) >= 11 is 0. The minimum atomic E-state index is -0.329. The fourth-order valence-corrected chi connectivity index (χ4v) is 2.67. The topological polar surface area (TPSA) is 85.4 Å². The quantitative estimate of drug-likeness (QED) is 0.612. The molecule has 2 aromatic carbocycles. The van der Waals surface area contributed by atoms with Gasteiger partial charge in [-0.15, -0.1) is 0 Å². The SMILES string of the molecule is COc1ccc(C)cc1Nc1nccc(C(=O)Nc2ccc(OC(C)C)cc2)n1. The van der Waals surface area contributed by atoms with Crippen LogP contribution < -0.4 is 20.1 Å². The normalized spacial score (nSPS) is 10.5. The smallest absolute Gasteiger partial charge is 0.274 e. The molecule has 7 nitrogen and oxygen atoms in total. The molecule has 1 amide bonds. The Morgan fingerprint density at radius 3 is 2.52 bits per heavy atom. The summed E-state index contributed by atoms with van der Waals surface area (Å²) in [4.78, 5) is 21.1. The van der Waals surface area contributed by atoms with Crippen molar-refractivity contribution in [2.75, 3.05) is 17.7 Å². The van der Waals surface area contributed by atoms with E-state index >= 15 is 0 Å². The van der Waals surface area contributed by atoms with E-state index in [2.05, 4.69) is 20.6 Å². The summed E-state index contributed by atoms with van der Waals surface area (Å²) in [7, 11) is 1.60. The maximum Gasteiger partial charge on any atom is 0.274 e. The van der Waals surface area contributed by atoms with Crippen LogP contribution in [0.1, 0.15) is 29.9 Å². The second-order valence-corrected chi connectivity index (χ2v) is 6.74. The lowest BCUT2D eigenvalue weighted by molar-refractivity contribution is 0.102. The van der Waals surface area contributed by atoms with E-state index in [4.69, 9.17) is 9.47 Å². The molecule has 0 radical (unpaired) electrons. The first-order chi connectivity index (χ1) is 13.9. The van der Waals surface area contributed by atoms with Gasteiger partial charge in [0.2, 0.25) is 5.95 Å². The first-order valence-electron chi connectivity index (χ1n) is 9.27. The highest BCUT2D eigenvalue weighted by molar-refractivity contribution is 6.03. The number of aryl methyl sites for hydroxylation is 1. The Labute approximate surface area is 170 Å². The van der Waals surface area contributed by atoms with Crippen molar-refractivity contribution in [3.63, 3.8) is 0 Å². The Morgan fingerprint density at radius 2 is 1.83 bits per heavy atom. The molecule has 7 heteroatoms. The van der Waals surface area contributed by atoms with Crippen molar-refractivity contribution < 1.29 is 14.3 Å². The molecule has 3 aromatic rings. The molecule has 0 aliphatic heterocycles. The van der Waals surface area contributed by atoms with Crippen molar-refractivity contribution >= 4 is 23.2 Å². The van der Waals surface area contributed by atoms with Crippen LogP contribution in [0.3, 0.4) is 0 Å². The zero-order chi connectivity index (χ0) is 20.8. The number of hydrogen-bond donors (Lipinski definition) is 2. The van der Waals surface area contributed by atoms with Crippen LogP contribution in [0.4, 0.5) is 17.3 Å². The van der Waals surface area contributed by atoms with Crippen LogP contribution in [0.25, 0.3) is 0 Å². The molecule has 0 aliphatic carbocycles. The molecule has 0 saturated heterocycles. The summed E-state index contributed by atoms with van der Waals surface area (Å²) in [6.07, 6.45) is 1.63. The minimum absolute atomic E-state index is 0.0920. The van der Waals surface area contributed by atoms with E-state index in [9.17, 15) is 4.79 Å². The van der Waals surface area contributed by atoms with Crippen LogP contribution in [-0.2, 0) is 0 Å². The molecule has 29 heavy (non-hydrogen) atoms. The van der Waals surface area contributed by atoms with Gasteiger partial charge in [-0.05, 0) is 68.8 Å². The van der Waals surface area contributed by atoms with Crippen molar-refractivity contribution in [2.24, 2.45) is 0 Å². The molecule has 150 valence electrons. The molecule has 0 aliphatic rings. The van der Waals surface area contributed by atoms with Gasteiger partial charge in [0, 0.05) is 11.9 Å². The lowest BCUT2D eigenvalue weighted by Crippen LogP contribution is -2.15. The van der Waals surface area contributed by atoms with E-state index < -0.39 is 0 Å². The largest absolute Gasteiger partial charge is 0.495 e. The number of hydrogen-bond acceptors (Lipinski definition) is 6. The standard InChI is InChI=1S/C22H24N4O3/c1-14(2)29-17-8-6-16(7-9-17)24-21(27)18-11-12-23-22(25-18)26-19-13-15(3)5-10-20(19)28-4/h5-14H,1-4H3,(H,24,27)(H,23,25,26). The van der Waals surface area contributed by atoms with Gasteiger partial charge in [-0.1, -0.05) is 6.07 Å². The molecule has 0 bridgehead atoms. The number of ether oxygens (including phenoxy) is 2. The summed E-state index contributed by atoms with van der Waals surface area (Å²) < 4.78 is 11.0. The van der Waals surface area contributed by atoms with Gasteiger partial charge in [0.1, 0.15) is 17.2 Å². The highest BCUT2D eigenvalue weighted by atomic mass is 16.5. The molecule has 0 fully saturated rings. The summed E-state index contributed by atoms with van der Waals surface area (Å²) in [5, 5.41) is 5.93. The Hall–Kier alpha value is -3.61. The fraction of sp³-hybridized carbons (Fsp3) is 0.227. The fourth-order valence-electron chi connectivity index (χ4n) is 2.67. The Bertz CT molecular complexity index is 988. The molecule has 0 unspecified atom stereocenters. The Morgan fingerprint density at radius 1 is 1.07 bits per heavy atom. The predicted octanol–water partition coefficient (Wildman–Crippen LogP) is 4.58. The Kier molecular flexibility index (Phi) is 6.29. The van der Waals surface area contributed by atoms with Gasteiger partial charge < -0.3 is 20.1 Å². The maximum absolute atomic E-state index is 12.6. The van der Waals surface area contributed by atoms with Gasteiger partial charge in [-0.2, -0.15) is 0 Å². The summed E-state index contributed by atoms with van der Waals surface area (Å²) in [6.45, 7) is 5.90. The summed E-state index contributed by atoms with van der Waals surface area (Å²) in [5.41, 5.74) is 2.69. The Balaban J connectivity index is 1.72. The van der Waals surface area contributed by atoms with E-state index in [-0.39, 0.29) is 17.7 Å². The lowest BCUT2D eigenvalue weighted by atomic mass is 10.2. The zero-order valence-electron chi connectivity index (χ0n) is 16.9. The van der Waals surface area contributed by atoms with Crippen LogP contribution >= 0.6 is 0 Å². The van der Waals surface area contributed by atoms with Gasteiger partial charge >= 0.3 is 0 Å². The van der Waals surface area contributed by atoms with Crippen LogP contribution in [0.15, 0.2) is 54.7 Å². The number of amides is 1. The number of methoxy groups -OCH3 is 1. The second-order valence-electron chi connectivity index (χ2n) is 6.74. The average Bonchev–Trinajstić information content (AvgIpc) is 2.69. The van der Waals surface area contributed by atoms with Crippen LogP contribution in [0, 0.1) is 6.92 Å². The number of carbonyl (C=O) groups excluding carboxylic acids is 1. The molecule has 1 heterocycles. The number of carbonyl (C=O) groups is 1. The first-order valence-corrected chi connectivity index (χ1v) is 9.27. The molecule has 0 saturated carbocycles. The molecular weight excluding hydrogens is 368 g/mol. The third kappa shape index (κ3) is 5.44. The molecule has 0 spiro atoms. The average molecular weight is 392 g/mol. The highest BCUT2D eigenvalue weighted by Gasteiger charge is 2.11. The highest BCUT2D eigenvalue weighted by Crippen LogP contribution is 2.27. The van der Waals surface area contributed by atoms with Crippen LogP contribution in [0.5, 0.6) is 11.5 Å². The number of rotatable bonds is 7. The van der Waals surface area contributed by atoms with Gasteiger partial charge in [-0.3, -0.25) is 4.79 Å². The molecule has 0 atom stereocenters. The number of nitrogens with zero attached hydrogens (tertiary/aromatic N) is 2. The van der Waals surface area contributed by atoms with E-state index in [1.807, 2.05) is 51.1 Å². The van der Waals surface area contributed by atoms with Gasteiger partial charge in [0.25, 0.3) is 5.91 Å². The predicted molar refractivity (Wildman–Crippen MR) is 113 cm³/mol. The maximum atomic E-state index is 12.6. The minimum Gasteiger partial charge on any atom is -0.495 e. The van der Waals surface area contributed by atoms with Crippen LogP contribution in [0.2, 0.25) is 0 Å². The van der Waals surface area contributed by atoms with E-state index in [1.54, 1.807) is 25.3 Å². The van der Waals surface area contributed by atoms with Crippen molar-refractivity contribution in [1.82, 2.24) is 9.97 Å². The van der Waals surface area contributed by atoms with Crippen molar-refractivity contribution in [3.8, 4) is 11.5 Å². The van der Waals surface area contributed by atoms with Gasteiger partial charge in [0.15, 0.2) is 0 Å². The van der Waals surface area contributed by atoms with Gasteiger partial charge in [0.05, 0.1) is 18.9 Å². The summed E-state index contributed by atoms with van der Waals surface area (Å²) in [6, 6.07) is 14.5. The molecule has 3 rings (SSSR count). The third-order valence-electron chi connectivity index (χ3n) is 3.97. The summed E-state index contributed by atoms with van der Waals surface area (Å²) in [5.74, 6) is 1.39. The number of benzene rings is 2.